The van der Waals surface area contributed by atoms with Gasteiger partial charge in [-0.3, -0.25) is 0 Å². The van der Waals surface area contributed by atoms with Gasteiger partial charge in [0.15, 0.2) is 0 Å². The van der Waals surface area contributed by atoms with Crippen LogP contribution in [0.3, 0.4) is 0 Å². The van der Waals surface area contributed by atoms with E-state index in [2.05, 4.69) is 31.2 Å². The molecule has 2 aliphatic rings. The lowest BCUT2D eigenvalue weighted by atomic mass is 9.92. The van der Waals surface area contributed by atoms with Gasteiger partial charge in [-0.15, -0.1) is 0 Å². The van der Waals surface area contributed by atoms with Crippen LogP contribution in [0.4, 0.5) is 0 Å². The standard InChI is InChI=1S/C15H21N/c1-11-6-8-12(9-7-11)14-10-15(14,16)13-4-2-3-5-13/h6-9,13-14H,2-5,10,16H2,1H3. The molecule has 0 saturated heterocycles. The van der Waals surface area contributed by atoms with Crippen molar-refractivity contribution in [2.75, 3.05) is 0 Å². The van der Waals surface area contributed by atoms with E-state index in [-0.39, 0.29) is 5.54 Å². The zero-order valence-corrected chi connectivity index (χ0v) is 10.1. The number of aryl methyl sites for hydroxylation is 1. The molecular weight excluding hydrogens is 194 g/mol. The summed E-state index contributed by atoms with van der Waals surface area (Å²) in [5.74, 6) is 1.43. The van der Waals surface area contributed by atoms with Crippen molar-refractivity contribution in [3.63, 3.8) is 0 Å². The Morgan fingerprint density at radius 3 is 2.38 bits per heavy atom. The normalized spacial score (nSPS) is 34.2. The number of nitrogens with two attached hydrogens (primary N) is 1. The van der Waals surface area contributed by atoms with Crippen molar-refractivity contribution < 1.29 is 0 Å². The van der Waals surface area contributed by atoms with Crippen molar-refractivity contribution >= 4 is 0 Å². The smallest absolute Gasteiger partial charge is 0.0259 e. The fourth-order valence-corrected chi connectivity index (χ4v) is 3.44. The quantitative estimate of drug-likeness (QED) is 0.804. The van der Waals surface area contributed by atoms with Crippen LogP contribution in [0.15, 0.2) is 24.3 Å². The van der Waals surface area contributed by atoms with E-state index in [1.165, 1.54) is 43.2 Å². The molecule has 2 saturated carbocycles. The van der Waals surface area contributed by atoms with Gasteiger partial charge in [0.2, 0.25) is 0 Å². The fraction of sp³-hybridized carbons (Fsp3) is 0.600. The van der Waals surface area contributed by atoms with Crippen molar-refractivity contribution in [2.45, 2.75) is 50.5 Å². The van der Waals surface area contributed by atoms with Gasteiger partial charge in [0.25, 0.3) is 0 Å². The third-order valence-electron chi connectivity index (χ3n) is 4.64. The number of benzene rings is 1. The van der Waals surface area contributed by atoms with Crippen LogP contribution in [0.25, 0.3) is 0 Å². The van der Waals surface area contributed by atoms with Crippen molar-refractivity contribution in [3.05, 3.63) is 35.4 Å². The Labute approximate surface area is 98.0 Å². The van der Waals surface area contributed by atoms with Crippen LogP contribution in [0.2, 0.25) is 0 Å². The fourth-order valence-electron chi connectivity index (χ4n) is 3.44. The lowest BCUT2D eigenvalue weighted by Gasteiger charge is -2.19. The van der Waals surface area contributed by atoms with Gasteiger partial charge >= 0.3 is 0 Å². The van der Waals surface area contributed by atoms with E-state index in [1.807, 2.05) is 0 Å². The van der Waals surface area contributed by atoms with Gasteiger partial charge < -0.3 is 5.73 Å². The summed E-state index contributed by atoms with van der Waals surface area (Å²) in [7, 11) is 0. The molecule has 1 aromatic carbocycles. The van der Waals surface area contributed by atoms with Crippen molar-refractivity contribution in [3.8, 4) is 0 Å². The predicted molar refractivity (Wildman–Crippen MR) is 67.4 cm³/mol. The van der Waals surface area contributed by atoms with Crippen LogP contribution >= 0.6 is 0 Å². The molecule has 0 aromatic heterocycles. The maximum absolute atomic E-state index is 6.57. The maximum atomic E-state index is 6.57. The van der Waals surface area contributed by atoms with Crippen molar-refractivity contribution in [1.29, 1.82) is 0 Å². The zero-order chi connectivity index (χ0) is 11.2. The summed E-state index contributed by atoms with van der Waals surface area (Å²) < 4.78 is 0. The Morgan fingerprint density at radius 1 is 1.12 bits per heavy atom. The van der Waals surface area contributed by atoms with Crippen LogP contribution in [-0.2, 0) is 0 Å². The molecule has 3 rings (SSSR count). The number of hydrogen-bond donors (Lipinski definition) is 1. The first-order valence-electron chi connectivity index (χ1n) is 6.55. The molecule has 1 heteroatoms. The first-order valence-corrected chi connectivity index (χ1v) is 6.55. The average Bonchev–Trinajstić information content (AvgIpc) is 2.77. The summed E-state index contributed by atoms with van der Waals surface area (Å²) in [4.78, 5) is 0. The topological polar surface area (TPSA) is 26.0 Å². The molecule has 2 atom stereocenters. The monoisotopic (exact) mass is 215 g/mol. The lowest BCUT2D eigenvalue weighted by Crippen LogP contribution is -2.32. The molecule has 0 amide bonds. The molecule has 0 bridgehead atoms. The average molecular weight is 215 g/mol. The third-order valence-corrected chi connectivity index (χ3v) is 4.64. The highest BCUT2D eigenvalue weighted by molar-refractivity contribution is 5.35. The Hall–Kier alpha value is -0.820. The zero-order valence-electron chi connectivity index (χ0n) is 10.1. The second-order valence-corrected chi connectivity index (χ2v) is 5.76. The molecule has 2 aliphatic carbocycles. The molecule has 0 spiro atoms. The SMILES string of the molecule is Cc1ccc(C2CC2(N)C2CCCC2)cc1. The van der Waals surface area contributed by atoms with Crippen LogP contribution in [0, 0.1) is 12.8 Å². The van der Waals surface area contributed by atoms with E-state index in [1.54, 1.807) is 0 Å². The molecule has 86 valence electrons. The Kier molecular flexibility index (Phi) is 2.32. The summed E-state index contributed by atoms with van der Waals surface area (Å²) in [6.45, 7) is 2.14. The van der Waals surface area contributed by atoms with Crippen LogP contribution in [0.1, 0.15) is 49.1 Å². The molecular formula is C15H21N. The van der Waals surface area contributed by atoms with Gasteiger partial charge in [0.1, 0.15) is 0 Å². The van der Waals surface area contributed by atoms with Gasteiger partial charge in [-0.25, -0.2) is 0 Å². The molecule has 0 aliphatic heterocycles. The van der Waals surface area contributed by atoms with Crippen molar-refractivity contribution in [1.82, 2.24) is 0 Å². The van der Waals surface area contributed by atoms with Gasteiger partial charge in [-0.05, 0) is 37.7 Å². The Balaban J connectivity index is 1.76. The van der Waals surface area contributed by atoms with Crippen molar-refractivity contribution in [2.24, 2.45) is 11.7 Å². The minimum Gasteiger partial charge on any atom is -0.324 e. The third kappa shape index (κ3) is 1.58. The molecule has 2 unspecified atom stereocenters. The van der Waals surface area contributed by atoms with E-state index >= 15 is 0 Å². The van der Waals surface area contributed by atoms with E-state index in [0.29, 0.717) is 5.92 Å². The molecule has 0 radical (unpaired) electrons. The van der Waals surface area contributed by atoms with Crippen LogP contribution in [-0.4, -0.2) is 5.54 Å². The van der Waals surface area contributed by atoms with Crippen LogP contribution in [0.5, 0.6) is 0 Å². The molecule has 2 fully saturated rings. The summed E-state index contributed by atoms with van der Waals surface area (Å²) >= 11 is 0. The van der Waals surface area contributed by atoms with Gasteiger partial charge in [-0.2, -0.15) is 0 Å². The van der Waals surface area contributed by atoms with E-state index < -0.39 is 0 Å². The van der Waals surface area contributed by atoms with E-state index in [0.717, 1.165) is 5.92 Å². The second kappa shape index (κ2) is 3.59. The minimum absolute atomic E-state index is 0.145. The summed E-state index contributed by atoms with van der Waals surface area (Å²) in [6.07, 6.45) is 6.72. The van der Waals surface area contributed by atoms with Crippen LogP contribution < -0.4 is 5.73 Å². The first kappa shape index (κ1) is 10.3. The largest absolute Gasteiger partial charge is 0.324 e. The van der Waals surface area contributed by atoms with Gasteiger partial charge in [-0.1, -0.05) is 42.7 Å². The summed E-state index contributed by atoms with van der Waals surface area (Å²) in [6, 6.07) is 8.96. The second-order valence-electron chi connectivity index (χ2n) is 5.76. The minimum atomic E-state index is 0.145. The number of hydrogen-bond acceptors (Lipinski definition) is 1. The van der Waals surface area contributed by atoms with E-state index in [9.17, 15) is 0 Å². The van der Waals surface area contributed by atoms with Gasteiger partial charge in [0.05, 0.1) is 0 Å². The maximum Gasteiger partial charge on any atom is 0.0259 e. The highest BCUT2D eigenvalue weighted by atomic mass is 14.9. The summed E-state index contributed by atoms with van der Waals surface area (Å²) in [5, 5.41) is 0. The highest BCUT2D eigenvalue weighted by Gasteiger charge is 2.56. The Morgan fingerprint density at radius 2 is 1.75 bits per heavy atom. The van der Waals surface area contributed by atoms with E-state index in [4.69, 9.17) is 5.73 Å². The highest BCUT2D eigenvalue weighted by Crippen LogP contribution is 2.57. The molecule has 16 heavy (non-hydrogen) atoms. The molecule has 0 heterocycles. The van der Waals surface area contributed by atoms with Gasteiger partial charge in [0, 0.05) is 11.5 Å². The molecule has 1 aromatic rings. The lowest BCUT2D eigenvalue weighted by molar-refractivity contribution is 0.404. The Bertz CT molecular complexity index is 375. The summed E-state index contributed by atoms with van der Waals surface area (Å²) in [5.41, 5.74) is 9.51. The molecule has 1 nitrogen and oxygen atoms in total. The molecule has 2 N–H and O–H groups in total. The predicted octanol–water partition coefficient (Wildman–Crippen LogP) is 3.37. The first-order chi connectivity index (χ1) is 7.70. The number of rotatable bonds is 2.